The Morgan fingerprint density at radius 3 is 2.50 bits per heavy atom. The van der Waals surface area contributed by atoms with Crippen molar-refractivity contribution in [2.45, 2.75) is 57.4 Å². The van der Waals surface area contributed by atoms with Gasteiger partial charge in [-0.05, 0) is 30.5 Å². The van der Waals surface area contributed by atoms with Crippen molar-refractivity contribution < 1.29 is 28.2 Å². The number of amides is 2. The SMILES string of the molecule is CCC(=O)N[C@@H]1CC[C@H](CC(=O)NCc2cc(F)cc(F)c2)O[C@@H]1CO. The van der Waals surface area contributed by atoms with E-state index < -0.39 is 17.7 Å². The van der Waals surface area contributed by atoms with E-state index in [1.165, 1.54) is 0 Å². The average Bonchev–Trinajstić information content (AvgIpc) is 2.60. The highest BCUT2D eigenvalue weighted by Gasteiger charge is 2.32. The fraction of sp³-hybridized carbons (Fsp3) is 0.556. The Kier molecular flexibility index (Phi) is 7.47. The summed E-state index contributed by atoms with van der Waals surface area (Å²) in [6.45, 7) is 1.50. The van der Waals surface area contributed by atoms with Crippen LogP contribution < -0.4 is 10.6 Å². The first-order valence-electron chi connectivity index (χ1n) is 8.68. The van der Waals surface area contributed by atoms with Gasteiger partial charge in [-0.2, -0.15) is 0 Å². The molecule has 0 spiro atoms. The van der Waals surface area contributed by atoms with Crippen LogP contribution in [0.4, 0.5) is 8.78 Å². The summed E-state index contributed by atoms with van der Waals surface area (Å²) in [6.07, 6.45) is 0.640. The summed E-state index contributed by atoms with van der Waals surface area (Å²) in [4.78, 5) is 23.5. The Bertz CT molecular complexity index is 621. The van der Waals surface area contributed by atoms with Gasteiger partial charge in [0.25, 0.3) is 0 Å². The molecule has 2 amide bonds. The van der Waals surface area contributed by atoms with Crippen LogP contribution in [0.15, 0.2) is 18.2 Å². The number of rotatable bonds is 7. The third-order valence-corrected chi connectivity index (χ3v) is 4.29. The van der Waals surface area contributed by atoms with E-state index in [1.54, 1.807) is 6.92 Å². The van der Waals surface area contributed by atoms with Crippen molar-refractivity contribution in [2.24, 2.45) is 0 Å². The van der Waals surface area contributed by atoms with Gasteiger partial charge in [0, 0.05) is 19.0 Å². The molecule has 0 saturated carbocycles. The predicted octanol–water partition coefficient (Wildman–Crippen LogP) is 1.41. The van der Waals surface area contributed by atoms with Crippen molar-refractivity contribution in [2.75, 3.05) is 6.61 Å². The molecule has 1 aliphatic rings. The number of aliphatic hydroxyl groups excluding tert-OH is 1. The van der Waals surface area contributed by atoms with Gasteiger partial charge in [-0.3, -0.25) is 9.59 Å². The third kappa shape index (κ3) is 6.03. The summed E-state index contributed by atoms with van der Waals surface area (Å²) in [5, 5.41) is 14.9. The zero-order chi connectivity index (χ0) is 19.1. The van der Waals surface area contributed by atoms with Crippen molar-refractivity contribution in [3.8, 4) is 0 Å². The summed E-state index contributed by atoms with van der Waals surface area (Å²) < 4.78 is 32.0. The van der Waals surface area contributed by atoms with Crippen LogP contribution in [-0.4, -0.2) is 41.8 Å². The monoisotopic (exact) mass is 370 g/mol. The first kappa shape index (κ1) is 20.3. The van der Waals surface area contributed by atoms with E-state index in [1.807, 2.05) is 0 Å². The Balaban J connectivity index is 1.81. The van der Waals surface area contributed by atoms with Crippen molar-refractivity contribution in [1.29, 1.82) is 0 Å². The zero-order valence-corrected chi connectivity index (χ0v) is 14.6. The van der Waals surface area contributed by atoms with E-state index in [-0.39, 0.29) is 43.5 Å². The van der Waals surface area contributed by atoms with Gasteiger partial charge in [-0.1, -0.05) is 6.92 Å². The van der Waals surface area contributed by atoms with Gasteiger partial charge in [0.1, 0.15) is 17.7 Å². The molecule has 1 aromatic rings. The van der Waals surface area contributed by atoms with Crippen molar-refractivity contribution in [3.63, 3.8) is 0 Å². The van der Waals surface area contributed by atoms with Crippen LogP contribution in [0, 0.1) is 11.6 Å². The fourth-order valence-corrected chi connectivity index (χ4v) is 2.95. The summed E-state index contributed by atoms with van der Waals surface area (Å²) in [6, 6.07) is 2.80. The summed E-state index contributed by atoms with van der Waals surface area (Å²) >= 11 is 0. The molecule has 2 rings (SSSR count). The number of hydrogen-bond acceptors (Lipinski definition) is 4. The van der Waals surface area contributed by atoms with E-state index in [0.717, 1.165) is 18.2 Å². The fourth-order valence-electron chi connectivity index (χ4n) is 2.95. The molecule has 0 radical (unpaired) electrons. The van der Waals surface area contributed by atoms with E-state index in [0.29, 0.717) is 24.8 Å². The molecule has 3 atom stereocenters. The Morgan fingerprint density at radius 1 is 1.19 bits per heavy atom. The van der Waals surface area contributed by atoms with Gasteiger partial charge in [0.05, 0.1) is 25.2 Å². The molecule has 0 aliphatic carbocycles. The molecule has 0 unspecified atom stereocenters. The normalized spacial score (nSPS) is 22.7. The highest BCUT2D eigenvalue weighted by atomic mass is 19.1. The first-order valence-corrected chi connectivity index (χ1v) is 8.68. The van der Waals surface area contributed by atoms with Crippen LogP contribution in [0.5, 0.6) is 0 Å². The molecule has 1 heterocycles. The third-order valence-electron chi connectivity index (χ3n) is 4.29. The largest absolute Gasteiger partial charge is 0.394 e. The molecule has 1 fully saturated rings. The number of nitrogens with one attached hydrogen (secondary N) is 2. The lowest BCUT2D eigenvalue weighted by atomic mass is 9.96. The minimum absolute atomic E-state index is 0.0127. The number of carbonyl (C=O) groups excluding carboxylic acids is 2. The van der Waals surface area contributed by atoms with Crippen LogP contribution in [0.1, 0.15) is 38.2 Å². The molecule has 0 aromatic heterocycles. The molecule has 0 bridgehead atoms. The lowest BCUT2D eigenvalue weighted by molar-refractivity contribution is -0.135. The van der Waals surface area contributed by atoms with Crippen LogP contribution in [0.25, 0.3) is 0 Å². The number of halogens is 2. The van der Waals surface area contributed by atoms with E-state index in [2.05, 4.69) is 10.6 Å². The van der Waals surface area contributed by atoms with Gasteiger partial charge in [-0.25, -0.2) is 8.78 Å². The second-order valence-corrected chi connectivity index (χ2v) is 6.34. The number of benzene rings is 1. The van der Waals surface area contributed by atoms with Gasteiger partial charge in [0.15, 0.2) is 0 Å². The van der Waals surface area contributed by atoms with Gasteiger partial charge in [-0.15, -0.1) is 0 Å². The topological polar surface area (TPSA) is 87.7 Å². The highest BCUT2D eigenvalue weighted by Crippen LogP contribution is 2.22. The molecule has 1 aromatic carbocycles. The number of hydrogen-bond donors (Lipinski definition) is 3. The second kappa shape index (κ2) is 9.59. The van der Waals surface area contributed by atoms with E-state index in [9.17, 15) is 23.5 Å². The minimum atomic E-state index is -0.698. The predicted molar refractivity (Wildman–Crippen MR) is 90.0 cm³/mol. The maximum absolute atomic E-state index is 13.1. The molecule has 8 heteroatoms. The standard InChI is InChI=1S/C18H24F2N2O4/c1-2-17(24)22-15-4-3-14(26-16(15)10-23)8-18(25)21-9-11-5-12(19)7-13(20)6-11/h5-7,14-16,23H,2-4,8-10H2,1H3,(H,21,25)(H,22,24)/t14-,15-,16-/m1/s1. The maximum Gasteiger partial charge on any atom is 0.222 e. The van der Waals surface area contributed by atoms with Crippen molar-refractivity contribution in [1.82, 2.24) is 10.6 Å². The lowest BCUT2D eigenvalue weighted by Crippen LogP contribution is -2.51. The number of ether oxygens (including phenoxy) is 1. The summed E-state index contributed by atoms with van der Waals surface area (Å²) in [7, 11) is 0. The van der Waals surface area contributed by atoms with Gasteiger partial charge >= 0.3 is 0 Å². The molecule has 1 aliphatic heterocycles. The quantitative estimate of drug-likeness (QED) is 0.677. The van der Waals surface area contributed by atoms with Crippen molar-refractivity contribution in [3.05, 3.63) is 35.4 Å². The van der Waals surface area contributed by atoms with Crippen LogP contribution in [0.3, 0.4) is 0 Å². The number of carbonyl (C=O) groups is 2. The van der Waals surface area contributed by atoms with Gasteiger partial charge < -0.3 is 20.5 Å². The molecule has 6 nitrogen and oxygen atoms in total. The smallest absolute Gasteiger partial charge is 0.222 e. The van der Waals surface area contributed by atoms with E-state index >= 15 is 0 Å². The Labute approximate surface area is 150 Å². The molecular weight excluding hydrogens is 346 g/mol. The van der Waals surface area contributed by atoms with Crippen molar-refractivity contribution >= 4 is 11.8 Å². The highest BCUT2D eigenvalue weighted by molar-refractivity contribution is 5.76. The number of aliphatic hydroxyl groups is 1. The molecule has 144 valence electrons. The Morgan fingerprint density at radius 2 is 1.88 bits per heavy atom. The first-order chi connectivity index (χ1) is 12.4. The zero-order valence-electron chi connectivity index (χ0n) is 14.6. The molecule has 1 saturated heterocycles. The minimum Gasteiger partial charge on any atom is -0.394 e. The van der Waals surface area contributed by atoms with Gasteiger partial charge in [0.2, 0.25) is 11.8 Å². The molecule has 3 N–H and O–H groups in total. The second-order valence-electron chi connectivity index (χ2n) is 6.34. The summed E-state index contributed by atoms with van der Waals surface area (Å²) in [5.74, 6) is -1.82. The Hall–Kier alpha value is -2.06. The van der Waals surface area contributed by atoms with Crippen LogP contribution in [0.2, 0.25) is 0 Å². The molecular formula is C18H24F2N2O4. The summed E-state index contributed by atoms with van der Waals surface area (Å²) in [5.41, 5.74) is 0.330. The molecule has 26 heavy (non-hydrogen) atoms. The maximum atomic E-state index is 13.1. The van der Waals surface area contributed by atoms with Crippen LogP contribution >= 0.6 is 0 Å². The lowest BCUT2D eigenvalue weighted by Gasteiger charge is -2.36. The van der Waals surface area contributed by atoms with Crippen LogP contribution in [-0.2, 0) is 20.9 Å². The van der Waals surface area contributed by atoms with E-state index in [4.69, 9.17) is 4.74 Å². The average molecular weight is 370 g/mol.